The lowest BCUT2D eigenvalue weighted by molar-refractivity contribution is 0.111. The molecule has 1 aliphatic carbocycles. The molecule has 1 aromatic rings. The Bertz CT molecular complexity index is 427. The van der Waals surface area contributed by atoms with Gasteiger partial charge in [0.2, 0.25) is 0 Å². The smallest absolute Gasteiger partial charge is 0.128 e. The minimum Gasteiger partial charge on any atom is -0.329 e. The Morgan fingerprint density at radius 3 is 2.60 bits per heavy atom. The lowest BCUT2D eigenvalue weighted by Crippen LogP contribution is -2.42. The van der Waals surface area contributed by atoms with Crippen LogP contribution in [0.2, 0.25) is 0 Å². The largest absolute Gasteiger partial charge is 0.329 e. The van der Waals surface area contributed by atoms with Crippen molar-refractivity contribution in [3.05, 3.63) is 35.1 Å². The van der Waals surface area contributed by atoms with Crippen LogP contribution in [-0.4, -0.2) is 24.0 Å². The number of hydrogen-bond donors (Lipinski definition) is 1. The normalized spacial score (nSPS) is 18.4. The van der Waals surface area contributed by atoms with Gasteiger partial charge in [0.1, 0.15) is 5.82 Å². The summed E-state index contributed by atoms with van der Waals surface area (Å²) >= 11 is 0. The third-order valence-electron chi connectivity index (χ3n) is 4.54. The first-order valence-electron chi connectivity index (χ1n) is 7.89. The number of likely N-dealkylation sites (N-methyl/N-ethyl adjacent to an activating group) is 1. The van der Waals surface area contributed by atoms with Gasteiger partial charge in [-0.05, 0) is 32.4 Å². The van der Waals surface area contributed by atoms with Crippen molar-refractivity contribution in [2.24, 2.45) is 5.73 Å². The van der Waals surface area contributed by atoms with Crippen LogP contribution >= 0.6 is 0 Å². The Hall–Kier alpha value is -0.930. The first-order valence-corrected chi connectivity index (χ1v) is 7.89. The number of rotatable bonds is 5. The van der Waals surface area contributed by atoms with Crippen molar-refractivity contribution in [3.8, 4) is 0 Å². The number of halogens is 1. The fraction of sp³-hybridized carbons (Fsp3) is 0.647. The molecule has 2 rings (SSSR count). The first-order chi connectivity index (χ1) is 9.67. The van der Waals surface area contributed by atoms with Crippen LogP contribution in [0.4, 0.5) is 4.39 Å². The topological polar surface area (TPSA) is 29.3 Å². The highest BCUT2D eigenvalue weighted by Crippen LogP contribution is 2.31. The summed E-state index contributed by atoms with van der Waals surface area (Å²) in [5.74, 6) is -0.125. The molecular weight excluding hydrogens is 251 g/mol. The molecule has 20 heavy (non-hydrogen) atoms. The fourth-order valence-electron chi connectivity index (χ4n) is 3.51. The van der Waals surface area contributed by atoms with E-state index in [4.69, 9.17) is 5.73 Å². The van der Waals surface area contributed by atoms with E-state index in [1.54, 1.807) is 6.07 Å². The lowest BCUT2D eigenvalue weighted by atomic mass is 9.91. The van der Waals surface area contributed by atoms with Crippen LogP contribution in [0, 0.1) is 12.7 Å². The Morgan fingerprint density at radius 1 is 1.30 bits per heavy atom. The van der Waals surface area contributed by atoms with Crippen LogP contribution in [0.3, 0.4) is 0 Å². The third kappa shape index (κ3) is 3.39. The van der Waals surface area contributed by atoms with E-state index in [1.165, 1.54) is 32.1 Å². The maximum Gasteiger partial charge on any atom is 0.128 e. The van der Waals surface area contributed by atoms with Gasteiger partial charge in [-0.1, -0.05) is 43.9 Å². The van der Waals surface area contributed by atoms with E-state index in [9.17, 15) is 4.39 Å². The van der Waals surface area contributed by atoms with Gasteiger partial charge in [-0.25, -0.2) is 4.39 Å². The molecule has 1 unspecified atom stereocenters. The molecular formula is C17H27FN2. The zero-order valence-electron chi connectivity index (χ0n) is 12.7. The lowest BCUT2D eigenvalue weighted by Gasteiger charge is -2.39. The molecule has 2 N–H and O–H groups in total. The number of nitrogens with zero attached hydrogens (tertiary/aromatic N) is 1. The second-order valence-corrected chi connectivity index (χ2v) is 5.90. The summed E-state index contributed by atoms with van der Waals surface area (Å²) in [5.41, 5.74) is 7.86. The zero-order chi connectivity index (χ0) is 14.5. The molecule has 0 spiro atoms. The monoisotopic (exact) mass is 278 g/mol. The summed E-state index contributed by atoms with van der Waals surface area (Å²) in [5, 5.41) is 0. The van der Waals surface area contributed by atoms with E-state index in [0.29, 0.717) is 12.6 Å². The van der Waals surface area contributed by atoms with Gasteiger partial charge >= 0.3 is 0 Å². The minimum atomic E-state index is -0.125. The van der Waals surface area contributed by atoms with Gasteiger partial charge in [0.15, 0.2) is 0 Å². The van der Waals surface area contributed by atoms with Gasteiger partial charge < -0.3 is 5.73 Å². The summed E-state index contributed by atoms with van der Waals surface area (Å²) in [4.78, 5) is 2.41. The van der Waals surface area contributed by atoms with Crippen LogP contribution in [0.1, 0.15) is 56.2 Å². The van der Waals surface area contributed by atoms with E-state index in [0.717, 1.165) is 17.7 Å². The van der Waals surface area contributed by atoms with Crippen LogP contribution in [0.15, 0.2) is 18.2 Å². The van der Waals surface area contributed by atoms with E-state index in [1.807, 2.05) is 19.1 Å². The molecule has 1 fully saturated rings. The molecule has 1 aliphatic rings. The highest BCUT2D eigenvalue weighted by Gasteiger charge is 2.28. The van der Waals surface area contributed by atoms with Crippen molar-refractivity contribution in [1.29, 1.82) is 0 Å². The number of nitrogens with two attached hydrogens (primary N) is 1. The molecule has 0 amide bonds. The molecule has 1 atom stereocenters. The van der Waals surface area contributed by atoms with Crippen molar-refractivity contribution < 1.29 is 4.39 Å². The first kappa shape index (κ1) is 15.5. The maximum absolute atomic E-state index is 14.2. The molecule has 3 heteroatoms. The molecule has 1 aromatic carbocycles. The van der Waals surface area contributed by atoms with Crippen LogP contribution < -0.4 is 5.73 Å². The Labute approximate surface area is 122 Å². The Morgan fingerprint density at radius 2 is 2.00 bits per heavy atom. The van der Waals surface area contributed by atoms with Gasteiger partial charge in [0, 0.05) is 18.2 Å². The van der Waals surface area contributed by atoms with Gasteiger partial charge in [-0.15, -0.1) is 0 Å². The van der Waals surface area contributed by atoms with E-state index in [-0.39, 0.29) is 11.9 Å². The number of hydrogen-bond acceptors (Lipinski definition) is 2. The molecule has 0 heterocycles. The highest BCUT2D eigenvalue weighted by molar-refractivity contribution is 5.27. The number of benzene rings is 1. The van der Waals surface area contributed by atoms with Crippen LogP contribution in [0.25, 0.3) is 0 Å². The minimum absolute atomic E-state index is 0.00278. The summed E-state index contributed by atoms with van der Waals surface area (Å²) in [6.45, 7) is 5.57. The van der Waals surface area contributed by atoms with Gasteiger partial charge in [-0.2, -0.15) is 0 Å². The fourth-order valence-corrected chi connectivity index (χ4v) is 3.51. The predicted molar refractivity (Wildman–Crippen MR) is 82.2 cm³/mol. The third-order valence-corrected chi connectivity index (χ3v) is 4.54. The van der Waals surface area contributed by atoms with Gasteiger partial charge in [0.05, 0.1) is 6.04 Å². The zero-order valence-corrected chi connectivity index (χ0v) is 12.7. The molecule has 0 aliphatic heterocycles. The second-order valence-electron chi connectivity index (χ2n) is 5.90. The average Bonchev–Trinajstić information content (AvgIpc) is 2.48. The van der Waals surface area contributed by atoms with E-state index >= 15 is 0 Å². The van der Waals surface area contributed by atoms with Crippen molar-refractivity contribution in [3.63, 3.8) is 0 Å². The molecule has 0 bridgehead atoms. The van der Waals surface area contributed by atoms with E-state index in [2.05, 4.69) is 11.8 Å². The van der Waals surface area contributed by atoms with Crippen LogP contribution in [-0.2, 0) is 0 Å². The highest BCUT2D eigenvalue weighted by atomic mass is 19.1. The average molecular weight is 278 g/mol. The number of aryl methyl sites for hydroxylation is 1. The Balaban J connectivity index is 2.26. The maximum atomic E-state index is 14.2. The molecule has 0 aromatic heterocycles. The van der Waals surface area contributed by atoms with Crippen molar-refractivity contribution in [2.75, 3.05) is 13.1 Å². The summed E-state index contributed by atoms with van der Waals surface area (Å²) in [6, 6.07) is 5.91. The summed E-state index contributed by atoms with van der Waals surface area (Å²) in [6.07, 6.45) is 6.35. The quantitative estimate of drug-likeness (QED) is 0.888. The van der Waals surface area contributed by atoms with Gasteiger partial charge in [-0.3, -0.25) is 4.90 Å². The molecule has 112 valence electrons. The van der Waals surface area contributed by atoms with E-state index < -0.39 is 0 Å². The van der Waals surface area contributed by atoms with Gasteiger partial charge in [0.25, 0.3) is 0 Å². The second kappa shape index (κ2) is 7.19. The Kier molecular flexibility index (Phi) is 5.55. The molecule has 0 saturated heterocycles. The van der Waals surface area contributed by atoms with Crippen LogP contribution in [0.5, 0.6) is 0 Å². The SMILES string of the molecule is CCN(C1CCCCC1)C(CN)c1cc(C)ccc1F. The predicted octanol–water partition coefficient (Wildman–Crippen LogP) is 3.79. The standard InChI is InChI=1S/C17H27FN2/c1-3-20(14-7-5-4-6-8-14)17(12-19)15-11-13(2)9-10-16(15)18/h9-11,14,17H,3-8,12,19H2,1-2H3. The van der Waals surface area contributed by atoms with Crippen molar-refractivity contribution in [2.45, 2.75) is 58.0 Å². The molecule has 0 radical (unpaired) electrons. The van der Waals surface area contributed by atoms with Crippen molar-refractivity contribution in [1.82, 2.24) is 4.90 Å². The molecule has 2 nitrogen and oxygen atoms in total. The van der Waals surface area contributed by atoms with Crippen molar-refractivity contribution >= 4 is 0 Å². The summed E-state index contributed by atoms with van der Waals surface area (Å²) in [7, 11) is 0. The molecule has 1 saturated carbocycles. The summed E-state index contributed by atoms with van der Waals surface area (Å²) < 4.78 is 14.2.